The Labute approximate surface area is 124 Å². The molecule has 21 heavy (non-hydrogen) atoms. The molecule has 0 fully saturated rings. The van der Waals surface area contributed by atoms with Gasteiger partial charge in [0.25, 0.3) is 0 Å². The molecule has 0 aliphatic heterocycles. The maximum absolute atomic E-state index is 12.1. The van der Waals surface area contributed by atoms with Gasteiger partial charge in [-0.15, -0.1) is 0 Å². The number of pyridine rings is 1. The predicted octanol–water partition coefficient (Wildman–Crippen LogP) is 2.53. The minimum absolute atomic E-state index is 0.00465. The zero-order valence-corrected chi connectivity index (χ0v) is 13.3. The molecule has 0 radical (unpaired) electrons. The van der Waals surface area contributed by atoms with Crippen molar-refractivity contribution < 1.29 is 4.79 Å². The molecule has 0 aliphatic carbocycles. The van der Waals surface area contributed by atoms with Crippen molar-refractivity contribution in [3.05, 3.63) is 45.7 Å². The lowest BCUT2D eigenvalue weighted by Crippen LogP contribution is -2.42. The highest BCUT2D eigenvalue weighted by atomic mass is 16.2. The summed E-state index contributed by atoms with van der Waals surface area (Å²) in [4.78, 5) is 24.2. The highest BCUT2D eigenvalue weighted by Gasteiger charge is 2.15. The summed E-state index contributed by atoms with van der Waals surface area (Å²) in [7, 11) is 0. The van der Waals surface area contributed by atoms with Crippen molar-refractivity contribution in [1.82, 2.24) is 9.88 Å². The van der Waals surface area contributed by atoms with Crippen LogP contribution in [0.15, 0.2) is 29.2 Å². The van der Waals surface area contributed by atoms with E-state index in [1.54, 1.807) is 6.20 Å². The van der Waals surface area contributed by atoms with E-state index in [0.29, 0.717) is 5.39 Å². The van der Waals surface area contributed by atoms with Crippen LogP contribution in [0, 0.1) is 13.8 Å². The molecule has 0 saturated heterocycles. The molecule has 0 saturated carbocycles. The van der Waals surface area contributed by atoms with E-state index in [2.05, 4.69) is 5.32 Å². The number of fused-ring (bicyclic) bond motifs is 1. The van der Waals surface area contributed by atoms with Crippen LogP contribution in [0.1, 0.15) is 31.9 Å². The summed E-state index contributed by atoms with van der Waals surface area (Å²) < 4.78 is 1.83. The third kappa shape index (κ3) is 3.51. The molecule has 0 atom stereocenters. The summed E-state index contributed by atoms with van der Waals surface area (Å²) in [6.45, 7) is 9.96. The Bertz CT molecular complexity index is 752. The second-order valence-electron chi connectivity index (χ2n) is 6.58. The molecule has 0 unspecified atom stereocenters. The van der Waals surface area contributed by atoms with Gasteiger partial charge in [-0.1, -0.05) is 6.07 Å². The summed E-state index contributed by atoms with van der Waals surface area (Å²) in [6.07, 6.45) is 1.69. The minimum Gasteiger partial charge on any atom is -0.350 e. The number of aromatic nitrogens is 1. The largest absolute Gasteiger partial charge is 0.350 e. The van der Waals surface area contributed by atoms with Crippen LogP contribution >= 0.6 is 0 Å². The number of hydrogen-bond donors (Lipinski definition) is 1. The van der Waals surface area contributed by atoms with Gasteiger partial charge >= 0.3 is 0 Å². The van der Waals surface area contributed by atoms with Crippen molar-refractivity contribution in [3.8, 4) is 0 Å². The predicted molar refractivity (Wildman–Crippen MR) is 85.6 cm³/mol. The Kier molecular flexibility index (Phi) is 3.90. The molecule has 1 aromatic heterocycles. The molecule has 4 heteroatoms. The van der Waals surface area contributed by atoms with E-state index in [9.17, 15) is 9.59 Å². The second-order valence-corrected chi connectivity index (χ2v) is 6.58. The Morgan fingerprint density at radius 2 is 1.90 bits per heavy atom. The number of hydrogen-bond acceptors (Lipinski definition) is 2. The molecule has 0 aliphatic rings. The molecular formula is C17H22N2O2. The molecule has 1 N–H and O–H groups in total. The quantitative estimate of drug-likeness (QED) is 0.922. The normalized spacial score (nSPS) is 11.7. The van der Waals surface area contributed by atoms with E-state index in [0.717, 1.165) is 16.6 Å². The summed E-state index contributed by atoms with van der Waals surface area (Å²) in [5.74, 6) is -0.0633. The number of carbonyl (C=O) groups excluding carboxylic acids is 1. The van der Waals surface area contributed by atoms with Gasteiger partial charge in [0.1, 0.15) is 6.54 Å². The smallest absolute Gasteiger partial charge is 0.240 e. The van der Waals surface area contributed by atoms with Crippen LogP contribution in [-0.2, 0) is 11.3 Å². The molecule has 2 aromatic rings. The second kappa shape index (κ2) is 5.35. The van der Waals surface area contributed by atoms with E-state index >= 15 is 0 Å². The molecule has 112 valence electrons. The maximum atomic E-state index is 12.1. The number of amides is 1. The lowest BCUT2D eigenvalue weighted by molar-refractivity contribution is -0.123. The van der Waals surface area contributed by atoms with E-state index in [4.69, 9.17) is 0 Å². The minimum atomic E-state index is -0.266. The van der Waals surface area contributed by atoms with Crippen molar-refractivity contribution in [1.29, 1.82) is 0 Å². The van der Waals surface area contributed by atoms with Crippen LogP contribution in [0.2, 0.25) is 0 Å². The number of nitrogens with one attached hydrogen (secondary N) is 1. The number of benzene rings is 1. The zero-order chi connectivity index (χ0) is 15.8. The SMILES string of the molecule is Cc1cc(C)c2c(=O)ccn(CC(=O)NC(C)(C)C)c2c1. The molecule has 0 spiro atoms. The monoisotopic (exact) mass is 286 g/mol. The molecule has 1 heterocycles. The first kappa shape index (κ1) is 15.3. The lowest BCUT2D eigenvalue weighted by Gasteiger charge is -2.21. The first-order chi connectivity index (χ1) is 9.67. The van der Waals surface area contributed by atoms with Crippen LogP contribution in [0.4, 0.5) is 0 Å². The Morgan fingerprint density at radius 1 is 1.24 bits per heavy atom. The fourth-order valence-corrected chi connectivity index (χ4v) is 2.56. The van der Waals surface area contributed by atoms with Crippen molar-refractivity contribution >= 4 is 16.8 Å². The van der Waals surface area contributed by atoms with Gasteiger partial charge in [0.05, 0.1) is 5.52 Å². The van der Waals surface area contributed by atoms with Crippen LogP contribution in [0.3, 0.4) is 0 Å². The third-order valence-corrected chi connectivity index (χ3v) is 3.25. The van der Waals surface area contributed by atoms with Gasteiger partial charge in [-0.2, -0.15) is 0 Å². The van der Waals surface area contributed by atoms with E-state index in [1.165, 1.54) is 6.07 Å². The zero-order valence-electron chi connectivity index (χ0n) is 13.3. The van der Waals surface area contributed by atoms with E-state index < -0.39 is 0 Å². The molecule has 1 amide bonds. The van der Waals surface area contributed by atoms with Gasteiger partial charge in [0.15, 0.2) is 5.43 Å². The fourth-order valence-electron chi connectivity index (χ4n) is 2.56. The van der Waals surface area contributed by atoms with Crippen LogP contribution in [-0.4, -0.2) is 16.0 Å². The average molecular weight is 286 g/mol. The van der Waals surface area contributed by atoms with Gasteiger partial charge in [-0.3, -0.25) is 9.59 Å². The number of aryl methyl sites for hydroxylation is 2. The van der Waals surface area contributed by atoms with Crippen molar-refractivity contribution in [2.24, 2.45) is 0 Å². The molecule has 0 bridgehead atoms. The summed E-state index contributed by atoms with van der Waals surface area (Å²) in [5, 5.41) is 3.62. The average Bonchev–Trinajstić information content (AvgIpc) is 2.29. The van der Waals surface area contributed by atoms with Crippen molar-refractivity contribution in [2.45, 2.75) is 46.7 Å². The number of carbonyl (C=O) groups is 1. The topological polar surface area (TPSA) is 51.1 Å². The number of rotatable bonds is 2. The first-order valence-electron chi connectivity index (χ1n) is 7.09. The molecule has 1 aromatic carbocycles. The Balaban J connectivity index is 2.48. The molecular weight excluding hydrogens is 264 g/mol. The first-order valence-corrected chi connectivity index (χ1v) is 7.09. The summed E-state index contributed by atoms with van der Waals surface area (Å²) >= 11 is 0. The van der Waals surface area contributed by atoms with Gasteiger partial charge < -0.3 is 9.88 Å². The van der Waals surface area contributed by atoms with Crippen LogP contribution < -0.4 is 10.7 Å². The highest BCUT2D eigenvalue weighted by molar-refractivity contribution is 5.85. The fraction of sp³-hybridized carbons (Fsp3) is 0.412. The van der Waals surface area contributed by atoms with Crippen molar-refractivity contribution in [2.75, 3.05) is 0 Å². The maximum Gasteiger partial charge on any atom is 0.240 e. The lowest BCUT2D eigenvalue weighted by atomic mass is 10.1. The van der Waals surface area contributed by atoms with Gasteiger partial charge in [0, 0.05) is 23.2 Å². The number of nitrogens with zero attached hydrogens (tertiary/aromatic N) is 1. The standard InChI is InChI=1S/C17H22N2O2/c1-11-8-12(2)16-13(9-11)19(7-6-14(16)20)10-15(21)18-17(3,4)5/h6-9H,10H2,1-5H3,(H,18,21). The van der Waals surface area contributed by atoms with Gasteiger partial charge in [0.2, 0.25) is 5.91 Å². The molecule has 4 nitrogen and oxygen atoms in total. The van der Waals surface area contributed by atoms with Gasteiger partial charge in [-0.25, -0.2) is 0 Å². The van der Waals surface area contributed by atoms with E-state index in [1.807, 2.05) is 51.3 Å². The van der Waals surface area contributed by atoms with Gasteiger partial charge in [-0.05, 0) is 51.8 Å². The van der Waals surface area contributed by atoms with Crippen LogP contribution in [0.5, 0.6) is 0 Å². The molecule has 2 rings (SSSR count). The third-order valence-electron chi connectivity index (χ3n) is 3.25. The van der Waals surface area contributed by atoms with Crippen LogP contribution in [0.25, 0.3) is 10.9 Å². The van der Waals surface area contributed by atoms with E-state index in [-0.39, 0.29) is 23.4 Å². The summed E-state index contributed by atoms with van der Waals surface area (Å²) in [5.41, 5.74) is 2.56. The van der Waals surface area contributed by atoms with Crippen molar-refractivity contribution in [3.63, 3.8) is 0 Å². The summed E-state index contributed by atoms with van der Waals surface area (Å²) in [6, 6.07) is 5.46. The Hall–Kier alpha value is -2.10. The highest BCUT2D eigenvalue weighted by Crippen LogP contribution is 2.17. The Morgan fingerprint density at radius 3 is 2.52 bits per heavy atom.